The highest BCUT2D eigenvalue weighted by molar-refractivity contribution is 5.85. The molecule has 2 atom stereocenters. The van der Waals surface area contributed by atoms with Crippen LogP contribution in [0.2, 0.25) is 0 Å². The highest BCUT2D eigenvalue weighted by atomic mass is 16.5. The van der Waals surface area contributed by atoms with Gasteiger partial charge < -0.3 is 14.7 Å². The van der Waals surface area contributed by atoms with Gasteiger partial charge in [0.2, 0.25) is 5.91 Å². The lowest BCUT2D eigenvalue weighted by atomic mass is 9.92. The third kappa shape index (κ3) is 3.72. The highest BCUT2D eigenvalue weighted by Gasteiger charge is 2.34. The van der Waals surface area contributed by atoms with Crippen LogP contribution in [0, 0.1) is 0 Å². The Bertz CT molecular complexity index is 800. The van der Waals surface area contributed by atoms with E-state index in [1.54, 1.807) is 7.11 Å². The van der Waals surface area contributed by atoms with Crippen LogP contribution in [-0.2, 0) is 22.6 Å². The fraction of sp³-hybridized carbons (Fsp3) is 0.333. The number of carboxylic acids is 1. The third-order valence-corrected chi connectivity index (χ3v) is 5.02. The fourth-order valence-corrected chi connectivity index (χ4v) is 3.44. The first-order valence-electron chi connectivity index (χ1n) is 8.72. The number of amides is 1. The van der Waals surface area contributed by atoms with Crippen LogP contribution in [0.3, 0.4) is 0 Å². The summed E-state index contributed by atoms with van der Waals surface area (Å²) in [7, 11) is 1.61. The molecule has 2 aromatic carbocycles. The van der Waals surface area contributed by atoms with Crippen LogP contribution in [-0.4, -0.2) is 35.0 Å². The van der Waals surface area contributed by atoms with Crippen molar-refractivity contribution in [2.24, 2.45) is 0 Å². The molecule has 5 nitrogen and oxygen atoms in total. The van der Waals surface area contributed by atoms with Gasteiger partial charge in [-0.05, 0) is 34.7 Å². The third-order valence-electron chi connectivity index (χ3n) is 5.02. The number of fused-ring (bicyclic) bond motifs is 1. The summed E-state index contributed by atoms with van der Waals surface area (Å²) < 4.78 is 5.16. The minimum atomic E-state index is -0.954. The van der Waals surface area contributed by atoms with Crippen molar-refractivity contribution < 1.29 is 19.4 Å². The molecule has 0 aromatic heterocycles. The molecule has 0 radical (unpaired) electrons. The predicted molar refractivity (Wildman–Crippen MR) is 98.1 cm³/mol. The standard InChI is InChI=1S/C21H23NO4/c1-14(15-7-9-18(26-2)10-8-15)11-20(23)22-13-17-6-4-3-5-16(17)12-19(22)21(24)25/h3-10,14,19H,11-13H2,1-2H3,(H,24,25). The van der Waals surface area contributed by atoms with Gasteiger partial charge in [0.1, 0.15) is 11.8 Å². The maximum atomic E-state index is 12.9. The van der Waals surface area contributed by atoms with Crippen LogP contribution in [0.4, 0.5) is 0 Å². The minimum Gasteiger partial charge on any atom is -0.497 e. The molecule has 1 aliphatic heterocycles. The van der Waals surface area contributed by atoms with Crippen LogP contribution >= 0.6 is 0 Å². The molecule has 1 heterocycles. The molecule has 26 heavy (non-hydrogen) atoms. The summed E-state index contributed by atoms with van der Waals surface area (Å²) in [6.07, 6.45) is 0.631. The topological polar surface area (TPSA) is 66.8 Å². The molecule has 0 saturated carbocycles. The Kier molecular flexibility index (Phi) is 5.26. The molecule has 136 valence electrons. The number of methoxy groups -OCH3 is 1. The number of carboxylic acid groups (broad SMARTS) is 1. The second-order valence-corrected chi connectivity index (χ2v) is 6.73. The Morgan fingerprint density at radius 2 is 1.81 bits per heavy atom. The number of benzene rings is 2. The van der Waals surface area contributed by atoms with E-state index in [1.165, 1.54) is 4.90 Å². The Balaban J connectivity index is 1.75. The van der Waals surface area contributed by atoms with Gasteiger partial charge in [0.25, 0.3) is 0 Å². The van der Waals surface area contributed by atoms with Crippen molar-refractivity contribution >= 4 is 11.9 Å². The Morgan fingerprint density at radius 1 is 1.15 bits per heavy atom. The molecule has 1 aliphatic rings. The average molecular weight is 353 g/mol. The molecule has 2 aromatic rings. The van der Waals surface area contributed by atoms with Crippen LogP contribution in [0.25, 0.3) is 0 Å². The van der Waals surface area contributed by atoms with E-state index in [0.717, 1.165) is 22.4 Å². The van der Waals surface area contributed by atoms with Crippen LogP contribution in [0.15, 0.2) is 48.5 Å². The molecule has 0 fully saturated rings. The quantitative estimate of drug-likeness (QED) is 0.896. The van der Waals surface area contributed by atoms with E-state index < -0.39 is 12.0 Å². The van der Waals surface area contributed by atoms with E-state index in [2.05, 4.69) is 0 Å². The molecule has 0 aliphatic carbocycles. The smallest absolute Gasteiger partial charge is 0.326 e. The van der Waals surface area contributed by atoms with Crippen molar-refractivity contribution in [3.05, 3.63) is 65.2 Å². The number of hydrogen-bond donors (Lipinski definition) is 1. The maximum absolute atomic E-state index is 12.9. The van der Waals surface area contributed by atoms with Gasteiger partial charge in [-0.3, -0.25) is 4.79 Å². The van der Waals surface area contributed by atoms with E-state index in [-0.39, 0.29) is 18.2 Å². The maximum Gasteiger partial charge on any atom is 0.326 e. The van der Waals surface area contributed by atoms with Crippen LogP contribution < -0.4 is 4.74 Å². The van der Waals surface area contributed by atoms with Crippen molar-refractivity contribution in [2.75, 3.05) is 7.11 Å². The van der Waals surface area contributed by atoms with E-state index in [9.17, 15) is 14.7 Å². The SMILES string of the molecule is COc1ccc(C(C)CC(=O)N2Cc3ccccc3CC2C(=O)O)cc1. The highest BCUT2D eigenvalue weighted by Crippen LogP contribution is 2.27. The van der Waals surface area contributed by atoms with E-state index in [0.29, 0.717) is 13.0 Å². The number of rotatable bonds is 5. The molecule has 0 spiro atoms. The second kappa shape index (κ2) is 7.60. The van der Waals surface area contributed by atoms with Gasteiger partial charge in [-0.1, -0.05) is 43.3 Å². The second-order valence-electron chi connectivity index (χ2n) is 6.73. The first-order chi connectivity index (χ1) is 12.5. The van der Waals surface area contributed by atoms with Crippen molar-refractivity contribution in [1.82, 2.24) is 4.90 Å². The van der Waals surface area contributed by atoms with Crippen molar-refractivity contribution in [2.45, 2.75) is 38.3 Å². The molecule has 5 heteroatoms. The van der Waals surface area contributed by atoms with Crippen LogP contribution in [0.5, 0.6) is 5.75 Å². The Labute approximate surface area is 153 Å². The lowest BCUT2D eigenvalue weighted by Gasteiger charge is -2.35. The molecule has 2 unspecified atom stereocenters. The summed E-state index contributed by atoms with van der Waals surface area (Å²) in [4.78, 5) is 26.1. The summed E-state index contributed by atoms with van der Waals surface area (Å²) in [5.74, 6) is -0.314. The predicted octanol–water partition coefficient (Wildman–Crippen LogP) is 3.23. The molecule has 0 saturated heterocycles. The summed E-state index contributed by atoms with van der Waals surface area (Å²) in [5.41, 5.74) is 3.06. The van der Waals surface area contributed by atoms with Crippen molar-refractivity contribution in [1.29, 1.82) is 0 Å². The Hall–Kier alpha value is -2.82. The van der Waals surface area contributed by atoms with Crippen LogP contribution in [0.1, 0.15) is 36.0 Å². The fourth-order valence-electron chi connectivity index (χ4n) is 3.44. The molecule has 1 N–H and O–H groups in total. The number of ether oxygens (including phenoxy) is 1. The lowest BCUT2D eigenvalue weighted by Crippen LogP contribution is -2.48. The Morgan fingerprint density at radius 3 is 2.42 bits per heavy atom. The molecule has 1 amide bonds. The monoisotopic (exact) mass is 353 g/mol. The first-order valence-corrected chi connectivity index (χ1v) is 8.72. The number of nitrogens with zero attached hydrogens (tertiary/aromatic N) is 1. The van der Waals surface area contributed by atoms with E-state index >= 15 is 0 Å². The van der Waals surface area contributed by atoms with Gasteiger partial charge >= 0.3 is 5.97 Å². The number of aliphatic carboxylic acids is 1. The van der Waals surface area contributed by atoms with Gasteiger partial charge in [0.05, 0.1) is 7.11 Å². The largest absolute Gasteiger partial charge is 0.497 e. The molecular formula is C21H23NO4. The normalized spacial score (nSPS) is 17.3. The number of hydrogen-bond acceptors (Lipinski definition) is 3. The molecule has 0 bridgehead atoms. The van der Waals surface area contributed by atoms with Gasteiger partial charge in [-0.2, -0.15) is 0 Å². The molecule has 3 rings (SSSR count). The summed E-state index contributed by atoms with van der Waals surface area (Å²) in [6.45, 7) is 2.33. The van der Waals surface area contributed by atoms with Gasteiger partial charge in [-0.15, -0.1) is 0 Å². The first kappa shape index (κ1) is 18.0. The van der Waals surface area contributed by atoms with Crippen molar-refractivity contribution in [3.8, 4) is 5.75 Å². The lowest BCUT2D eigenvalue weighted by molar-refractivity contribution is -0.151. The summed E-state index contributed by atoms with van der Waals surface area (Å²) in [6, 6.07) is 14.5. The molecular weight excluding hydrogens is 330 g/mol. The summed E-state index contributed by atoms with van der Waals surface area (Å²) in [5, 5.41) is 9.58. The van der Waals surface area contributed by atoms with Gasteiger partial charge in [-0.25, -0.2) is 4.79 Å². The minimum absolute atomic E-state index is 0.0000197. The van der Waals surface area contributed by atoms with E-state index in [4.69, 9.17) is 4.74 Å². The van der Waals surface area contributed by atoms with Gasteiger partial charge in [0.15, 0.2) is 0 Å². The van der Waals surface area contributed by atoms with Gasteiger partial charge in [0, 0.05) is 19.4 Å². The van der Waals surface area contributed by atoms with Crippen molar-refractivity contribution in [3.63, 3.8) is 0 Å². The summed E-state index contributed by atoms with van der Waals surface area (Å²) >= 11 is 0. The zero-order chi connectivity index (χ0) is 18.7. The zero-order valence-electron chi connectivity index (χ0n) is 15.0. The number of carbonyl (C=O) groups is 2. The zero-order valence-corrected chi connectivity index (χ0v) is 15.0. The number of carbonyl (C=O) groups excluding carboxylic acids is 1. The average Bonchev–Trinajstić information content (AvgIpc) is 2.66. The van der Waals surface area contributed by atoms with E-state index in [1.807, 2.05) is 55.5 Å².